The van der Waals surface area contributed by atoms with Gasteiger partial charge in [0.1, 0.15) is 11.2 Å². The van der Waals surface area contributed by atoms with Crippen LogP contribution in [0.4, 0.5) is 17.1 Å². The van der Waals surface area contributed by atoms with E-state index in [4.69, 9.17) is 4.42 Å². The van der Waals surface area contributed by atoms with Crippen LogP contribution in [0, 0.1) is 0 Å². The molecule has 1 aliphatic carbocycles. The van der Waals surface area contributed by atoms with E-state index >= 15 is 0 Å². The molecule has 1 heterocycles. The van der Waals surface area contributed by atoms with Crippen LogP contribution in [0.5, 0.6) is 0 Å². The molecule has 10 aromatic rings. The van der Waals surface area contributed by atoms with Gasteiger partial charge in [0.05, 0.1) is 0 Å². The molecular weight excluding hydrogens is 743 g/mol. The summed E-state index contributed by atoms with van der Waals surface area (Å²) in [6.07, 6.45) is 0. The predicted octanol–water partition coefficient (Wildman–Crippen LogP) is 12.4. The Labute approximate surface area is 352 Å². The van der Waals surface area contributed by atoms with Gasteiger partial charge in [0.25, 0.3) is 0 Å². The van der Waals surface area contributed by atoms with Crippen molar-refractivity contribution in [2.45, 2.75) is 19.3 Å². The zero-order valence-electron chi connectivity index (χ0n) is 33.7. The Bertz CT molecular complexity index is 3050. The molecule has 60 heavy (non-hydrogen) atoms. The van der Waals surface area contributed by atoms with Gasteiger partial charge >= 0.3 is 0 Å². The molecular formula is C57H43NOSi. The molecule has 0 N–H and O–H groups in total. The van der Waals surface area contributed by atoms with Crippen LogP contribution in [0.25, 0.3) is 44.2 Å². The fraction of sp³-hybridized carbons (Fsp3) is 0.0526. The molecule has 0 bridgehead atoms. The highest BCUT2D eigenvalue weighted by molar-refractivity contribution is 7.19. The third kappa shape index (κ3) is 5.61. The van der Waals surface area contributed by atoms with Gasteiger partial charge in [0, 0.05) is 38.8 Å². The molecule has 0 atom stereocenters. The van der Waals surface area contributed by atoms with Gasteiger partial charge in [-0.25, -0.2) is 0 Å². The van der Waals surface area contributed by atoms with Crippen LogP contribution in [0.15, 0.2) is 229 Å². The lowest BCUT2D eigenvalue weighted by molar-refractivity contribution is 0.660. The third-order valence-electron chi connectivity index (χ3n) is 12.8. The monoisotopic (exact) mass is 785 g/mol. The molecule has 0 fully saturated rings. The average molecular weight is 786 g/mol. The van der Waals surface area contributed by atoms with E-state index in [1.807, 2.05) is 12.1 Å². The topological polar surface area (TPSA) is 16.4 Å². The molecule has 0 saturated carbocycles. The quantitative estimate of drug-likeness (QED) is 0.113. The summed E-state index contributed by atoms with van der Waals surface area (Å²) < 4.78 is 6.47. The third-order valence-corrected chi connectivity index (χ3v) is 17.6. The molecule has 0 saturated heterocycles. The predicted molar refractivity (Wildman–Crippen MR) is 255 cm³/mol. The summed E-state index contributed by atoms with van der Waals surface area (Å²) in [6, 6.07) is 82.6. The van der Waals surface area contributed by atoms with Crippen molar-refractivity contribution in [3.8, 4) is 22.3 Å². The van der Waals surface area contributed by atoms with E-state index in [0.29, 0.717) is 0 Å². The lowest BCUT2D eigenvalue weighted by Gasteiger charge is -2.35. The van der Waals surface area contributed by atoms with Gasteiger partial charge in [-0.3, -0.25) is 0 Å². The maximum absolute atomic E-state index is 6.47. The minimum absolute atomic E-state index is 0.126. The van der Waals surface area contributed by atoms with Gasteiger partial charge in [-0.1, -0.05) is 196 Å². The standard InChI is InChI=1S/C57H43NOSi/c1-57(2)53-27-14-12-23-49(53)50-38-35-43(39-54(50)57)58(41-31-29-40(30-32-41)48-25-16-26-52-51-24-13-15-28-55(51)59-56(48)52)42-33-36-47(37-34-42)60(44-17-6-3-7-18-44,45-19-8-4-9-20-45)46-21-10-5-11-22-46/h3-39H,1-2H3. The van der Waals surface area contributed by atoms with Crippen LogP contribution in [0.1, 0.15) is 25.0 Å². The van der Waals surface area contributed by atoms with Crippen LogP contribution in [0.3, 0.4) is 0 Å². The van der Waals surface area contributed by atoms with E-state index in [1.165, 1.54) is 43.0 Å². The van der Waals surface area contributed by atoms with Crippen LogP contribution in [0.2, 0.25) is 0 Å². The fourth-order valence-corrected chi connectivity index (χ4v) is 14.7. The van der Waals surface area contributed by atoms with E-state index in [0.717, 1.165) is 50.1 Å². The largest absolute Gasteiger partial charge is 0.455 e. The van der Waals surface area contributed by atoms with Gasteiger partial charge in [-0.2, -0.15) is 0 Å². The van der Waals surface area contributed by atoms with E-state index in [9.17, 15) is 0 Å². The highest BCUT2D eigenvalue weighted by atomic mass is 28.3. The molecule has 0 unspecified atom stereocenters. The summed E-state index contributed by atoms with van der Waals surface area (Å²) >= 11 is 0. The first-order chi connectivity index (χ1) is 29.5. The van der Waals surface area contributed by atoms with E-state index in [1.54, 1.807) is 0 Å². The van der Waals surface area contributed by atoms with Gasteiger partial charge in [0.15, 0.2) is 8.07 Å². The maximum Gasteiger partial charge on any atom is 0.179 e. The number of furan rings is 1. The number of para-hydroxylation sites is 2. The molecule has 0 amide bonds. The van der Waals surface area contributed by atoms with Gasteiger partial charge in [-0.15, -0.1) is 0 Å². The van der Waals surface area contributed by atoms with Crippen molar-refractivity contribution >= 4 is 67.8 Å². The molecule has 0 aliphatic heterocycles. The Hall–Kier alpha value is -7.20. The molecule has 3 heteroatoms. The Morgan fingerprint density at radius 1 is 0.383 bits per heavy atom. The van der Waals surface area contributed by atoms with E-state index in [-0.39, 0.29) is 5.41 Å². The van der Waals surface area contributed by atoms with Crippen LogP contribution >= 0.6 is 0 Å². The van der Waals surface area contributed by atoms with Gasteiger partial charge in [-0.05, 0) is 91.0 Å². The second-order valence-electron chi connectivity index (χ2n) is 16.5. The minimum atomic E-state index is -2.69. The van der Waals surface area contributed by atoms with Crippen molar-refractivity contribution in [1.82, 2.24) is 0 Å². The van der Waals surface area contributed by atoms with Crippen LogP contribution in [-0.2, 0) is 5.41 Å². The summed E-state index contributed by atoms with van der Waals surface area (Å²) in [5.74, 6) is 0. The molecule has 0 radical (unpaired) electrons. The zero-order chi connectivity index (χ0) is 40.3. The molecule has 2 nitrogen and oxygen atoms in total. The second-order valence-corrected chi connectivity index (χ2v) is 20.3. The molecule has 1 aromatic heterocycles. The van der Waals surface area contributed by atoms with Gasteiger partial charge < -0.3 is 9.32 Å². The Kier molecular flexibility index (Phi) is 8.54. The number of hydrogen-bond acceptors (Lipinski definition) is 2. The number of hydrogen-bond donors (Lipinski definition) is 0. The summed E-state index contributed by atoms with van der Waals surface area (Å²) in [7, 11) is -2.69. The number of nitrogens with zero attached hydrogens (tertiary/aromatic N) is 1. The molecule has 11 rings (SSSR count). The summed E-state index contributed by atoms with van der Waals surface area (Å²) in [5.41, 5.74) is 12.6. The summed E-state index contributed by atoms with van der Waals surface area (Å²) in [4.78, 5) is 2.42. The van der Waals surface area contributed by atoms with Crippen molar-refractivity contribution < 1.29 is 4.42 Å². The van der Waals surface area contributed by atoms with Crippen molar-refractivity contribution in [1.29, 1.82) is 0 Å². The Morgan fingerprint density at radius 2 is 0.867 bits per heavy atom. The first-order valence-corrected chi connectivity index (χ1v) is 22.8. The first kappa shape index (κ1) is 35.9. The van der Waals surface area contributed by atoms with Crippen LogP contribution in [-0.4, -0.2) is 8.07 Å². The average Bonchev–Trinajstić information content (AvgIpc) is 3.80. The lowest BCUT2D eigenvalue weighted by Crippen LogP contribution is -2.74. The Balaban J connectivity index is 1.07. The Morgan fingerprint density at radius 3 is 1.52 bits per heavy atom. The summed E-state index contributed by atoms with van der Waals surface area (Å²) in [5, 5.41) is 7.71. The van der Waals surface area contributed by atoms with Crippen LogP contribution < -0.4 is 25.6 Å². The molecule has 9 aromatic carbocycles. The molecule has 0 spiro atoms. The number of fused-ring (bicyclic) bond motifs is 6. The lowest BCUT2D eigenvalue weighted by atomic mass is 9.82. The highest BCUT2D eigenvalue weighted by Gasteiger charge is 2.41. The van der Waals surface area contributed by atoms with Crippen molar-refractivity contribution in [2.75, 3.05) is 4.90 Å². The van der Waals surface area contributed by atoms with Crippen molar-refractivity contribution in [3.05, 3.63) is 236 Å². The fourth-order valence-electron chi connectivity index (χ4n) is 9.97. The number of benzene rings is 9. The second kappa shape index (κ2) is 14.3. The molecule has 286 valence electrons. The summed E-state index contributed by atoms with van der Waals surface area (Å²) in [6.45, 7) is 4.71. The van der Waals surface area contributed by atoms with Crippen molar-refractivity contribution in [2.24, 2.45) is 0 Å². The van der Waals surface area contributed by atoms with Gasteiger partial charge in [0.2, 0.25) is 0 Å². The molecule has 1 aliphatic rings. The zero-order valence-corrected chi connectivity index (χ0v) is 34.7. The van der Waals surface area contributed by atoms with E-state index in [2.05, 4.69) is 231 Å². The highest BCUT2D eigenvalue weighted by Crippen LogP contribution is 2.50. The normalized spacial score (nSPS) is 13.0. The SMILES string of the molecule is CC1(C)c2ccccc2-c2ccc(N(c3ccc(-c4cccc5c4oc4ccccc45)cc3)c3ccc([Si](c4ccccc4)(c4ccccc4)c4ccccc4)cc3)cc21. The van der Waals surface area contributed by atoms with E-state index < -0.39 is 8.07 Å². The smallest absolute Gasteiger partial charge is 0.179 e. The number of rotatable bonds is 8. The first-order valence-electron chi connectivity index (χ1n) is 20.8. The maximum atomic E-state index is 6.47. The minimum Gasteiger partial charge on any atom is -0.455 e. The number of anilines is 3. The van der Waals surface area contributed by atoms with Crippen molar-refractivity contribution in [3.63, 3.8) is 0 Å².